The van der Waals surface area contributed by atoms with Crippen LogP contribution in [0.2, 0.25) is 5.02 Å². The van der Waals surface area contributed by atoms with E-state index < -0.39 is 0 Å². The van der Waals surface area contributed by atoms with E-state index in [2.05, 4.69) is 20.6 Å². The van der Waals surface area contributed by atoms with Crippen LogP contribution in [0.15, 0.2) is 72.8 Å². The number of benzene rings is 3. The maximum atomic E-state index is 12.5. The number of carbonyl (C=O) groups is 1. The highest BCUT2D eigenvalue weighted by atomic mass is 35.5. The molecule has 0 unspecified atom stereocenters. The molecule has 1 heterocycles. The highest BCUT2D eigenvalue weighted by Gasteiger charge is 2.15. The smallest absolute Gasteiger partial charge is 0.224 e. The van der Waals surface area contributed by atoms with Crippen LogP contribution in [-0.2, 0) is 17.8 Å². The van der Waals surface area contributed by atoms with E-state index in [4.69, 9.17) is 23.1 Å². The van der Waals surface area contributed by atoms with Gasteiger partial charge in [-0.1, -0.05) is 48.0 Å². The van der Waals surface area contributed by atoms with Crippen molar-refractivity contribution in [1.82, 2.24) is 9.97 Å². The van der Waals surface area contributed by atoms with E-state index in [0.717, 1.165) is 28.1 Å². The summed E-state index contributed by atoms with van der Waals surface area (Å²) in [6, 6.07) is 23.2. The third-order valence-corrected chi connectivity index (χ3v) is 5.76. The van der Waals surface area contributed by atoms with Crippen LogP contribution in [0, 0.1) is 6.92 Å². The number of rotatable bonds is 8. The Labute approximate surface area is 209 Å². The summed E-state index contributed by atoms with van der Waals surface area (Å²) in [5.41, 5.74) is 18.2. The van der Waals surface area contributed by atoms with Crippen molar-refractivity contribution in [1.29, 1.82) is 0 Å². The maximum absolute atomic E-state index is 12.5. The lowest BCUT2D eigenvalue weighted by Crippen LogP contribution is -2.14. The van der Waals surface area contributed by atoms with Crippen molar-refractivity contribution in [3.8, 4) is 11.1 Å². The average molecular weight is 487 g/mol. The van der Waals surface area contributed by atoms with Gasteiger partial charge in [-0.2, -0.15) is 4.98 Å². The minimum atomic E-state index is -0.112. The van der Waals surface area contributed by atoms with Crippen LogP contribution in [0.4, 0.5) is 23.1 Å². The topological polar surface area (TPSA) is 119 Å². The van der Waals surface area contributed by atoms with Crippen LogP contribution in [0.5, 0.6) is 0 Å². The fourth-order valence-corrected chi connectivity index (χ4v) is 3.91. The molecule has 4 aromatic rings. The molecule has 0 spiro atoms. The summed E-state index contributed by atoms with van der Waals surface area (Å²) >= 11 is 5.95. The molecule has 8 heteroatoms. The molecule has 1 aromatic heterocycles. The second kappa shape index (κ2) is 10.9. The van der Waals surface area contributed by atoms with Gasteiger partial charge in [-0.25, -0.2) is 4.98 Å². The number of amides is 1. The van der Waals surface area contributed by atoms with E-state index in [9.17, 15) is 4.79 Å². The number of anilines is 4. The molecule has 0 radical (unpaired) electrons. The third-order valence-electron chi connectivity index (χ3n) is 5.50. The number of hydrogen-bond donors (Lipinski definition) is 4. The van der Waals surface area contributed by atoms with Crippen LogP contribution < -0.4 is 22.1 Å². The molecule has 0 saturated heterocycles. The zero-order chi connectivity index (χ0) is 24.8. The average Bonchev–Trinajstić information content (AvgIpc) is 2.83. The lowest BCUT2D eigenvalue weighted by molar-refractivity contribution is -0.116. The predicted molar refractivity (Wildman–Crippen MR) is 143 cm³/mol. The highest BCUT2D eigenvalue weighted by Crippen LogP contribution is 2.30. The summed E-state index contributed by atoms with van der Waals surface area (Å²) in [6.07, 6.45) is 0.609. The SMILES string of the molecule is Cc1cccc(NC(=O)CCc2nc(N)nc(N)c2-c2ccc(NCc3ccc(Cl)cc3)cc2)c1. The summed E-state index contributed by atoms with van der Waals surface area (Å²) in [6.45, 7) is 2.65. The Hall–Kier alpha value is -4.10. The van der Waals surface area contributed by atoms with Crippen molar-refractivity contribution in [3.05, 3.63) is 94.6 Å². The number of nitrogens with two attached hydrogens (primary N) is 2. The van der Waals surface area contributed by atoms with E-state index in [0.29, 0.717) is 29.2 Å². The van der Waals surface area contributed by atoms with Crippen LogP contribution >= 0.6 is 11.6 Å². The van der Waals surface area contributed by atoms with Gasteiger partial charge in [0.05, 0.1) is 5.69 Å². The van der Waals surface area contributed by atoms with E-state index in [-0.39, 0.29) is 24.1 Å². The van der Waals surface area contributed by atoms with Crippen LogP contribution in [0.3, 0.4) is 0 Å². The first-order chi connectivity index (χ1) is 16.9. The Bertz CT molecular complexity index is 1320. The second-order valence-corrected chi connectivity index (χ2v) is 8.70. The molecule has 0 atom stereocenters. The lowest BCUT2D eigenvalue weighted by atomic mass is 10.0. The van der Waals surface area contributed by atoms with Crippen molar-refractivity contribution < 1.29 is 4.79 Å². The Morgan fingerprint density at radius 2 is 1.69 bits per heavy atom. The summed E-state index contributed by atoms with van der Waals surface area (Å²) in [4.78, 5) is 21.1. The van der Waals surface area contributed by atoms with Crippen LogP contribution in [-0.4, -0.2) is 15.9 Å². The first-order valence-corrected chi connectivity index (χ1v) is 11.6. The van der Waals surface area contributed by atoms with Gasteiger partial charge < -0.3 is 22.1 Å². The highest BCUT2D eigenvalue weighted by molar-refractivity contribution is 6.30. The molecular formula is C27H27ClN6O. The van der Waals surface area contributed by atoms with Gasteiger partial charge in [-0.3, -0.25) is 4.79 Å². The zero-order valence-corrected chi connectivity index (χ0v) is 20.1. The number of aryl methyl sites for hydroxylation is 2. The number of nitrogens with zero attached hydrogens (tertiary/aromatic N) is 2. The Morgan fingerprint density at radius 3 is 2.40 bits per heavy atom. The third kappa shape index (κ3) is 6.49. The molecule has 1 amide bonds. The number of halogens is 1. The molecule has 4 rings (SSSR count). The minimum absolute atomic E-state index is 0.0848. The molecule has 35 heavy (non-hydrogen) atoms. The standard InChI is InChI=1S/C27H27ClN6O/c1-17-3-2-4-22(15-17)32-24(35)14-13-23-25(26(29)34-27(30)33-23)19-7-11-21(12-8-19)31-16-18-5-9-20(28)10-6-18/h2-12,15,31H,13-14,16H2,1H3,(H,32,35)(H4,29,30,33,34). The van der Waals surface area contributed by atoms with Crippen molar-refractivity contribution >= 4 is 40.6 Å². The monoisotopic (exact) mass is 486 g/mol. The maximum Gasteiger partial charge on any atom is 0.224 e. The lowest BCUT2D eigenvalue weighted by Gasteiger charge is -2.13. The number of nitrogens with one attached hydrogen (secondary N) is 2. The van der Waals surface area contributed by atoms with E-state index in [1.807, 2.05) is 79.7 Å². The number of aromatic nitrogens is 2. The van der Waals surface area contributed by atoms with Crippen LogP contribution in [0.25, 0.3) is 11.1 Å². The van der Waals surface area contributed by atoms with E-state index in [1.165, 1.54) is 0 Å². The summed E-state index contributed by atoms with van der Waals surface area (Å²) in [5.74, 6) is 0.258. The normalized spacial score (nSPS) is 10.7. The molecule has 6 N–H and O–H groups in total. The molecule has 0 fully saturated rings. The van der Waals surface area contributed by atoms with Gasteiger partial charge >= 0.3 is 0 Å². The van der Waals surface area contributed by atoms with Crippen molar-refractivity contribution in [3.63, 3.8) is 0 Å². The Balaban J connectivity index is 1.46. The van der Waals surface area contributed by atoms with Crippen LogP contribution in [0.1, 0.15) is 23.2 Å². The number of nitrogen functional groups attached to an aromatic ring is 2. The Kier molecular flexibility index (Phi) is 7.48. The molecule has 178 valence electrons. The van der Waals surface area contributed by atoms with Gasteiger partial charge in [0, 0.05) is 34.9 Å². The van der Waals surface area contributed by atoms with Gasteiger partial charge in [0.2, 0.25) is 11.9 Å². The first-order valence-electron chi connectivity index (χ1n) is 11.2. The van der Waals surface area contributed by atoms with E-state index >= 15 is 0 Å². The first kappa shape index (κ1) is 24.0. The van der Waals surface area contributed by atoms with Gasteiger partial charge in [0.25, 0.3) is 0 Å². The largest absolute Gasteiger partial charge is 0.383 e. The van der Waals surface area contributed by atoms with Gasteiger partial charge in [-0.05, 0) is 66.4 Å². The molecule has 0 saturated carbocycles. The predicted octanol–water partition coefficient (Wildman–Crippen LogP) is 5.45. The Morgan fingerprint density at radius 1 is 0.943 bits per heavy atom. The minimum Gasteiger partial charge on any atom is -0.383 e. The second-order valence-electron chi connectivity index (χ2n) is 8.26. The quantitative estimate of drug-likeness (QED) is 0.263. The molecule has 0 aliphatic carbocycles. The summed E-state index contributed by atoms with van der Waals surface area (Å²) in [5, 5.41) is 7.02. The molecule has 3 aromatic carbocycles. The molecule has 0 aliphatic heterocycles. The van der Waals surface area contributed by atoms with Gasteiger partial charge in [0.1, 0.15) is 5.82 Å². The number of hydrogen-bond acceptors (Lipinski definition) is 6. The molecule has 0 aliphatic rings. The van der Waals surface area contributed by atoms with E-state index in [1.54, 1.807) is 0 Å². The fraction of sp³-hybridized carbons (Fsp3) is 0.148. The molecule has 0 bridgehead atoms. The molecular weight excluding hydrogens is 460 g/mol. The van der Waals surface area contributed by atoms with Gasteiger partial charge in [-0.15, -0.1) is 0 Å². The van der Waals surface area contributed by atoms with Gasteiger partial charge in [0.15, 0.2) is 0 Å². The summed E-state index contributed by atoms with van der Waals surface area (Å²) < 4.78 is 0. The van der Waals surface area contributed by atoms with Crippen molar-refractivity contribution in [2.45, 2.75) is 26.3 Å². The zero-order valence-electron chi connectivity index (χ0n) is 19.4. The van der Waals surface area contributed by atoms with Crippen molar-refractivity contribution in [2.75, 3.05) is 22.1 Å². The fourth-order valence-electron chi connectivity index (χ4n) is 3.78. The molecule has 7 nitrogen and oxygen atoms in total. The number of carbonyl (C=O) groups excluding carboxylic acids is 1. The summed E-state index contributed by atoms with van der Waals surface area (Å²) in [7, 11) is 0. The van der Waals surface area contributed by atoms with Crippen molar-refractivity contribution in [2.24, 2.45) is 0 Å².